The number of rotatable bonds is 5. The monoisotopic (exact) mass is 338 g/mol. The van der Waals surface area contributed by atoms with Crippen molar-refractivity contribution in [1.82, 2.24) is 5.32 Å². The molecule has 0 spiro atoms. The Kier molecular flexibility index (Phi) is 4.52. The number of fused-ring (bicyclic) bond motifs is 1. The minimum atomic E-state index is -4.58. The lowest BCUT2D eigenvalue weighted by Gasteiger charge is -2.15. The highest BCUT2D eigenvalue weighted by molar-refractivity contribution is 7.85. The van der Waals surface area contributed by atoms with E-state index in [0.717, 1.165) is 0 Å². The van der Waals surface area contributed by atoms with E-state index in [1.165, 1.54) is 6.07 Å². The minimum Gasteiger partial charge on any atom is -0.480 e. The predicted octanol–water partition coefficient (Wildman–Crippen LogP) is 0.493. The third-order valence-corrected chi connectivity index (χ3v) is 3.92. The molecule has 1 amide bonds. The summed E-state index contributed by atoms with van der Waals surface area (Å²) in [6, 6.07) is 8.24. The maximum Gasteiger partial charge on any atom is 0.327 e. The molecule has 0 saturated carbocycles. The van der Waals surface area contributed by atoms with Crippen LogP contribution in [-0.4, -0.2) is 41.7 Å². The lowest BCUT2D eigenvalue weighted by molar-refractivity contribution is -0.138. The van der Waals surface area contributed by atoms with E-state index in [1.807, 2.05) is 0 Å². The molecule has 0 unspecified atom stereocenters. The molecule has 0 aromatic heterocycles. The van der Waals surface area contributed by atoms with Crippen molar-refractivity contribution in [3.8, 4) is 0 Å². The van der Waals surface area contributed by atoms with Gasteiger partial charge in [-0.3, -0.25) is 9.35 Å². The molecule has 0 fully saturated rings. The molecular formula is C14H14N2O6S. The third kappa shape index (κ3) is 3.96. The van der Waals surface area contributed by atoms with Gasteiger partial charge in [0.25, 0.3) is 16.0 Å². The Labute approximate surface area is 131 Å². The molecule has 8 nitrogen and oxygen atoms in total. The largest absolute Gasteiger partial charge is 0.480 e. The molecule has 9 heteroatoms. The molecule has 2 rings (SSSR count). The first-order chi connectivity index (χ1) is 10.7. The number of carboxylic acids is 1. The number of nitrogen functional groups attached to an aromatic ring is 1. The lowest BCUT2D eigenvalue weighted by atomic mass is 10.0. The Hall–Kier alpha value is -2.65. The van der Waals surface area contributed by atoms with Crippen molar-refractivity contribution >= 4 is 38.5 Å². The first-order valence-corrected chi connectivity index (χ1v) is 8.06. The molecule has 0 radical (unpaired) electrons. The fraction of sp³-hybridized carbons (Fsp3) is 0.143. The van der Waals surface area contributed by atoms with E-state index in [2.05, 4.69) is 5.32 Å². The van der Waals surface area contributed by atoms with Gasteiger partial charge < -0.3 is 16.2 Å². The first-order valence-electron chi connectivity index (χ1n) is 6.45. The van der Waals surface area contributed by atoms with Gasteiger partial charge in [-0.05, 0) is 16.8 Å². The van der Waals surface area contributed by atoms with E-state index in [1.54, 1.807) is 30.3 Å². The Morgan fingerprint density at radius 2 is 1.83 bits per heavy atom. The van der Waals surface area contributed by atoms with Gasteiger partial charge in [-0.15, -0.1) is 0 Å². The van der Waals surface area contributed by atoms with Crippen molar-refractivity contribution < 1.29 is 27.7 Å². The van der Waals surface area contributed by atoms with Crippen LogP contribution < -0.4 is 11.1 Å². The van der Waals surface area contributed by atoms with Crippen LogP contribution in [0.15, 0.2) is 36.4 Å². The van der Waals surface area contributed by atoms with Crippen LogP contribution in [0.1, 0.15) is 10.4 Å². The molecule has 0 aliphatic rings. The van der Waals surface area contributed by atoms with Crippen LogP contribution in [0.2, 0.25) is 0 Å². The molecule has 23 heavy (non-hydrogen) atoms. The summed E-state index contributed by atoms with van der Waals surface area (Å²) in [5, 5.41) is 12.3. The van der Waals surface area contributed by atoms with Crippen molar-refractivity contribution in [2.45, 2.75) is 6.04 Å². The quantitative estimate of drug-likeness (QED) is 0.458. The maximum atomic E-state index is 12.3. The van der Waals surface area contributed by atoms with Gasteiger partial charge in [0.2, 0.25) is 0 Å². The lowest BCUT2D eigenvalue weighted by Crippen LogP contribution is -2.45. The van der Waals surface area contributed by atoms with E-state index in [9.17, 15) is 18.0 Å². The molecule has 0 aliphatic heterocycles. The van der Waals surface area contributed by atoms with Gasteiger partial charge in [0.05, 0.1) is 5.56 Å². The minimum absolute atomic E-state index is 0.0460. The zero-order valence-electron chi connectivity index (χ0n) is 11.8. The number of carbonyl (C=O) groups excluding carboxylic acids is 1. The van der Waals surface area contributed by atoms with Crippen molar-refractivity contribution in [2.75, 3.05) is 11.5 Å². The van der Waals surface area contributed by atoms with Crippen LogP contribution in [0.25, 0.3) is 10.8 Å². The van der Waals surface area contributed by atoms with Gasteiger partial charge in [-0.1, -0.05) is 30.3 Å². The molecule has 2 aromatic rings. The normalized spacial score (nSPS) is 12.7. The third-order valence-electron chi connectivity index (χ3n) is 3.17. The van der Waals surface area contributed by atoms with E-state index in [4.69, 9.17) is 15.4 Å². The van der Waals surface area contributed by atoms with Gasteiger partial charge >= 0.3 is 5.97 Å². The highest BCUT2D eigenvalue weighted by atomic mass is 32.2. The molecule has 2 aromatic carbocycles. The topological polar surface area (TPSA) is 147 Å². The molecule has 1 atom stereocenters. The summed E-state index contributed by atoms with van der Waals surface area (Å²) in [5.41, 5.74) is 5.96. The van der Waals surface area contributed by atoms with Crippen LogP contribution in [0.5, 0.6) is 0 Å². The van der Waals surface area contributed by atoms with E-state index in [0.29, 0.717) is 10.8 Å². The highest BCUT2D eigenvalue weighted by Gasteiger charge is 2.27. The molecule has 5 N–H and O–H groups in total. The van der Waals surface area contributed by atoms with Crippen LogP contribution in [0.4, 0.5) is 5.69 Å². The van der Waals surface area contributed by atoms with E-state index in [-0.39, 0.29) is 11.3 Å². The Bertz CT molecular complexity index is 878. The van der Waals surface area contributed by atoms with Crippen molar-refractivity contribution in [3.63, 3.8) is 0 Å². The number of amides is 1. The van der Waals surface area contributed by atoms with Gasteiger partial charge in [-0.25, -0.2) is 4.79 Å². The SMILES string of the molecule is Nc1ccc2ccccc2c1C(=O)N[C@@H](CS(=O)(=O)O)C(=O)O. The summed E-state index contributed by atoms with van der Waals surface area (Å²) in [7, 11) is -4.58. The number of carboxylic acid groups (broad SMARTS) is 1. The smallest absolute Gasteiger partial charge is 0.327 e. The predicted molar refractivity (Wildman–Crippen MR) is 83.7 cm³/mol. The number of nitrogens with one attached hydrogen (secondary N) is 1. The zero-order chi connectivity index (χ0) is 17.2. The molecule has 0 heterocycles. The number of anilines is 1. The number of aliphatic carboxylic acids is 1. The van der Waals surface area contributed by atoms with Crippen molar-refractivity contribution in [1.29, 1.82) is 0 Å². The van der Waals surface area contributed by atoms with Crippen molar-refractivity contribution in [2.24, 2.45) is 0 Å². The average molecular weight is 338 g/mol. The summed E-state index contributed by atoms with van der Waals surface area (Å²) in [6.07, 6.45) is 0. The van der Waals surface area contributed by atoms with Crippen LogP contribution in [0, 0.1) is 0 Å². The van der Waals surface area contributed by atoms with Crippen molar-refractivity contribution in [3.05, 3.63) is 42.0 Å². The number of benzene rings is 2. The number of hydrogen-bond acceptors (Lipinski definition) is 5. The highest BCUT2D eigenvalue weighted by Crippen LogP contribution is 2.24. The van der Waals surface area contributed by atoms with Gasteiger partial charge in [-0.2, -0.15) is 8.42 Å². The fourth-order valence-corrected chi connectivity index (χ4v) is 2.80. The number of carbonyl (C=O) groups is 2. The summed E-state index contributed by atoms with van der Waals surface area (Å²) in [4.78, 5) is 23.4. The maximum absolute atomic E-state index is 12.3. The number of nitrogens with two attached hydrogens (primary N) is 1. The second kappa shape index (κ2) is 6.23. The Balaban J connectivity index is 2.40. The fourth-order valence-electron chi connectivity index (χ4n) is 2.16. The Morgan fingerprint density at radius 3 is 2.43 bits per heavy atom. The van der Waals surface area contributed by atoms with E-state index < -0.39 is 33.8 Å². The Morgan fingerprint density at radius 1 is 1.17 bits per heavy atom. The summed E-state index contributed by atoms with van der Waals surface area (Å²) >= 11 is 0. The molecule has 0 aliphatic carbocycles. The van der Waals surface area contributed by atoms with E-state index >= 15 is 0 Å². The second-order valence-electron chi connectivity index (χ2n) is 4.86. The standard InChI is InChI=1S/C14H14N2O6S/c15-10-6-5-8-3-1-2-4-9(8)12(10)13(17)16-11(14(18)19)7-23(20,21)22/h1-6,11H,7,15H2,(H,16,17)(H,18,19)(H,20,21,22)/t11-/m0/s1. The average Bonchev–Trinajstić information content (AvgIpc) is 2.44. The van der Waals surface area contributed by atoms with Gasteiger partial charge in [0.1, 0.15) is 11.8 Å². The summed E-state index contributed by atoms with van der Waals surface area (Å²) < 4.78 is 30.5. The van der Waals surface area contributed by atoms with Crippen LogP contribution in [0.3, 0.4) is 0 Å². The molecule has 0 bridgehead atoms. The summed E-state index contributed by atoms with van der Waals surface area (Å²) in [6.45, 7) is 0. The van der Waals surface area contributed by atoms with Crippen LogP contribution >= 0.6 is 0 Å². The van der Waals surface area contributed by atoms with Crippen LogP contribution in [-0.2, 0) is 14.9 Å². The zero-order valence-corrected chi connectivity index (χ0v) is 12.6. The molecule has 0 saturated heterocycles. The second-order valence-corrected chi connectivity index (χ2v) is 6.36. The first kappa shape index (κ1) is 16.7. The molecule has 122 valence electrons. The number of hydrogen-bond donors (Lipinski definition) is 4. The van der Waals surface area contributed by atoms with Gasteiger partial charge in [0, 0.05) is 5.69 Å². The molecular weight excluding hydrogens is 324 g/mol. The summed E-state index contributed by atoms with van der Waals surface area (Å²) in [5.74, 6) is -3.57. The van der Waals surface area contributed by atoms with Gasteiger partial charge in [0.15, 0.2) is 0 Å².